The highest BCUT2D eigenvalue weighted by Crippen LogP contribution is 2.71. The van der Waals surface area contributed by atoms with Gasteiger partial charge < -0.3 is 9.84 Å². The number of Topliss-reactive ketones (excluding diaryl/α,β-unsaturated/α-hetero) is 1. The van der Waals surface area contributed by atoms with Gasteiger partial charge in [-0.1, -0.05) is 31.5 Å². The molecule has 2 atom stereocenters. The van der Waals surface area contributed by atoms with Crippen LogP contribution in [-0.4, -0.2) is 24.1 Å². The van der Waals surface area contributed by atoms with Crippen molar-refractivity contribution < 1.29 is 14.6 Å². The topological polar surface area (TPSA) is 46.5 Å². The van der Waals surface area contributed by atoms with E-state index in [-0.39, 0.29) is 19.0 Å². The molecule has 2 aliphatic rings. The molecule has 1 saturated carbocycles. The Morgan fingerprint density at radius 1 is 1.41 bits per heavy atom. The molecule has 4 rings (SSSR count). The summed E-state index contributed by atoms with van der Waals surface area (Å²) in [6.45, 7) is 7.08. The number of aryl methyl sites for hydroxylation is 2. The Balaban J connectivity index is 1.44. The molecule has 3 nitrogen and oxygen atoms in total. The first kappa shape index (κ1) is 19.0. The third-order valence-electron chi connectivity index (χ3n) is 6.28. The Hall–Kier alpha value is -1.36. The van der Waals surface area contributed by atoms with Gasteiger partial charge in [-0.15, -0.1) is 11.3 Å². The average molecular weight is 405 g/mol. The largest absolute Gasteiger partial charge is 0.491 e. The van der Waals surface area contributed by atoms with Gasteiger partial charge in [0.05, 0.1) is 11.5 Å². The average Bonchev–Trinajstić information content (AvgIpc) is 2.96. The van der Waals surface area contributed by atoms with Gasteiger partial charge in [-0.3, -0.25) is 4.79 Å². The Labute approximate surface area is 169 Å². The van der Waals surface area contributed by atoms with Crippen molar-refractivity contribution in [3.63, 3.8) is 0 Å². The fraction of sp³-hybridized carbons (Fsp3) is 0.500. The minimum atomic E-state index is -0.0304. The second-order valence-corrected chi connectivity index (χ2v) is 9.87. The second kappa shape index (κ2) is 6.91. The maximum atomic E-state index is 12.9. The molecule has 2 aliphatic carbocycles. The summed E-state index contributed by atoms with van der Waals surface area (Å²) in [4.78, 5) is 15.2. The second-order valence-electron chi connectivity index (χ2n) is 8.24. The zero-order chi connectivity index (χ0) is 19.3. The molecule has 0 amide bonds. The summed E-state index contributed by atoms with van der Waals surface area (Å²) in [5.41, 5.74) is 4.17. The number of halogens is 1. The lowest BCUT2D eigenvalue weighted by molar-refractivity contribution is 0.0986. The number of hydrogen-bond acceptors (Lipinski definition) is 4. The van der Waals surface area contributed by atoms with Gasteiger partial charge in [0.1, 0.15) is 12.4 Å². The molecule has 1 fully saturated rings. The van der Waals surface area contributed by atoms with Gasteiger partial charge in [0, 0.05) is 16.3 Å². The van der Waals surface area contributed by atoms with Crippen molar-refractivity contribution in [2.75, 3.05) is 13.2 Å². The molecular formula is C22H25ClO3S. The molecule has 0 saturated heterocycles. The number of carbonyl (C=O) groups excluding carboxylic acids is 1. The highest BCUT2D eigenvalue weighted by atomic mass is 35.5. The third-order valence-corrected chi connectivity index (χ3v) is 7.83. The number of carbonyl (C=O) groups is 1. The minimum absolute atomic E-state index is 0.0304. The minimum Gasteiger partial charge on any atom is -0.491 e. The molecule has 1 N–H and O–H groups in total. The van der Waals surface area contributed by atoms with Gasteiger partial charge in [-0.05, 0) is 65.8 Å². The van der Waals surface area contributed by atoms with E-state index >= 15 is 0 Å². The molecule has 0 bridgehead atoms. The fourth-order valence-corrected chi connectivity index (χ4v) is 6.17. The Kier molecular flexibility index (Phi) is 4.86. The smallest absolute Gasteiger partial charge is 0.173 e. The van der Waals surface area contributed by atoms with Crippen LogP contribution in [0.3, 0.4) is 0 Å². The third kappa shape index (κ3) is 3.22. The molecule has 27 heavy (non-hydrogen) atoms. The molecule has 0 spiro atoms. The number of fused-ring (bicyclic) bond motifs is 3. The highest BCUT2D eigenvalue weighted by Gasteiger charge is 2.63. The van der Waals surface area contributed by atoms with Crippen LogP contribution in [0.25, 0.3) is 0 Å². The van der Waals surface area contributed by atoms with Crippen molar-refractivity contribution in [3.8, 4) is 5.75 Å². The van der Waals surface area contributed by atoms with E-state index < -0.39 is 0 Å². The number of ketones is 1. The SMILES string of the molecule is Cc1sc(C(=O)CCc2ccc(OCCO)cc2Cl)c2c1[C@H]1[C@@H](C2)C1(C)C. The predicted molar refractivity (Wildman–Crippen MR) is 109 cm³/mol. The van der Waals surface area contributed by atoms with Gasteiger partial charge in [0.2, 0.25) is 0 Å². The van der Waals surface area contributed by atoms with Crippen molar-refractivity contribution in [1.82, 2.24) is 0 Å². The summed E-state index contributed by atoms with van der Waals surface area (Å²) in [6, 6.07) is 5.49. The van der Waals surface area contributed by atoms with Gasteiger partial charge in [-0.2, -0.15) is 0 Å². The summed E-state index contributed by atoms with van der Waals surface area (Å²) in [5.74, 6) is 2.26. The van der Waals surface area contributed by atoms with Crippen LogP contribution in [0.15, 0.2) is 18.2 Å². The van der Waals surface area contributed by atoms with E-state index in [9.17, 15) is 4.79 Å². The monoisotopic (exact) mass is 404 g/mol. The Morgan fingerprint density at radius 3 is 2.89 bits per heavy atom. The number of rotatable bonds is 7. The molecule has 0 aliphatic heterocycles. The van der Waals surface area contributed by atoms with Gasteiger partial charge >= 0.3 is 0 Å². The van der Waals surface area contributed by atoms with E-state index in [1.807, 2.05) is 12.1 Å². The van der Waals surface area contributed by atoms with Crippen LogP contribution in [0.4, 0.5) is 0 Å². The lowest BCUT2D eigenvalue weighted by Gasteiger charge is -2.10. The quantitative estimate of drug-likeness (QED) is 0.645. The molecule has 144 valence electrons. The summed E-state index contributed by atoms with van der Waals surface area (Å²) >= 11 is 8.02. The van der Waals surface area contributed by atoms with Crippen LogP contribution in [0.1, 0.15) is 57.4 Å². The van der Waals surface area contributed by atoms with Gasteiger partial charge in [-0.25, -0.2) is 0 Å². The lowest BCUT2D eigenvalue weighted by atomic mass is 9.94. The first-order valence-electron chi connectivity index (χ1n) is 9.52. The van der Waals surface area contributed by atoms with Crippen molar-refractivity contribution in [1.29, 1.82) is 0 Å². The summed E-state index contributed by atoms with van der Waals surface area (Å²) in [5, 5.41) is 9.43. The van der Waals surface area contributed by atoms with E-state index in [4.69, 9.17) is 21.4 Å². The van der Waals surface area contributed by atoms with Crippen LogP contribution in [-0.2, 0) is 12.8 Å². The van der Waals surface area contributed by atoms with Crippen LogP contribution in [0, 0.1) is 18.3 Å². The number of thiophene rings is 1. The zero-order valence-electron chi connectivity index (χ0n) is 16.0. The lowest BCUT2D eigenvalue weighted by Crippen LogP contribution is -2.06. The van der Waals surface area contributed by atoms with Crippen LogP contribution >= 0.6 is 22.9 Å². The molecule has 1 aromatic carbocycles. The Bertz CT molecular complexity index is 899. The first-order valence-corrected chi connectivity index (χ1v) is 10.7. The van der Waals surface area contributed by atoms with Crippen molar-refractivity contribution in [3.05, 3.63) is 49.7 Å². The normalized spacial score (nSPS) is 21.7. The van der Waals surface area contributed by atoms with E-state index in [0.717, 1.165) is 22.8 Å². The zero-order valence-corrected chi connectivity index (χ0v) is 17.5. The summed E-state index contributed by atoms with van der Waals surface area (Å²) < 4.78 is 5.37. The molecule has 1 heterocycles. The highest BCUT2D eigenvalue weighted by molar-refractivity contribution is 7.14. The summed E-state index contributed by atoms with van der Waals surface area (Å²) in [6.07, 6.45) is 2.17. The van der Waals surface area contributed by atoms with Crippen LogP contribution in [0.5, 0.6) is 5.75 Å². The fourth-order valence-electron chi connectivity index (χ4n) is 4.70. The molecular weight excluding hydrogens is 380 g/mol. The van der Waals surface area contributed by atoms with Crippen LogP contribution < -0.4 is 4.74 Å². The Morgan fingerprint density at radius 2 is 2.19 bits per heavy atom. The van der Waals surface area contributed by atoms with Crippen molar-refractivity contribution in [2.24, 2.45) is 11.3 Å². The van der Waals surface area contributed by atoms with E-state index in [1.54, 1.807) is 17.4 Å². The number of aliphatic hydroxyl groups is 1. The first-order chi connectivity index (χ1) is 12.8. The van der Waals surface area contributed by atoms with E-state index in [1.165, 1.54) is 16.0 Å². The number of ether oxygens (including phenoxy) is 1. The van der Waals surface area contributed by atoms with E-state index in [2.05, 4.69) is 20.8 Å². The van der Waals surface area contributed by atoms with Crippen LogP contribution in [0.2, 0.25) is 5.02 Å². The molecule has 0 radical (unpaired) electrons. The van der Waals surface area contributed by atoms with Crippen molar-refractivity contribution >= 4 is 28.7 Å². The summed E-state index contributed by atoms with van der Waals surface area (Å²) in [7, 11) is 0. The molecule has 5 heteroatoms. The molecule has 1 aromatic heterocycles. The maximum Gasteiger partial charge on any atom is 0.173 e. The van der Waals surface area contributed by atoms with E-state index in [0.29, 0.717) is 34.9 Å². The standard InChI is InChI=1S/C22H25ClO3S/c1-12-19-15(11-16-20(19)22(16,2)3)21(27-12)18(25)7-5-13-4-6-14(10-17(13)23)26-9-8-24/h4,6,10,16,20,24H,5,7-9,11H2,1-3H3/t16-,20-/m1/s1. The molecule has 0 unspecified atom stereocenters. The molecule has 2 aromatic rings. The van der Waals surface area contributed by atoms with Gasteiger partial charge in [0.15, 0.2) is 5.78 Å². The van der Waals surface area contributed by atoms with Gasteiger partial charge in [0.25, 0.3) is 0 Å². The maximum absolute atomic E-state index is 12.9. The number of aliphatic hydroxyl groups excluding tert-OH is 1. The number of benzene rings is 1. The van der Waals surface area contributed by atoms with Crippen molar-refractivity contribution in [2.45, 2.75) is 46.0 Å². The number of hydrogen-bond donors (Lipinski definition) is 1. The predicted octanol–water partition coefficient (Wildman–Crippen LogP) is 5.19.